The lowest BCUT2D eigenvalue weighted by atomic mass is 10.3. The Bertz CT molecular complexity index is 716. The Balaban J connectivity index is 1.57. The highest BCUT2D eigenvalue weighted by Gasteiger charge is 2.26. The van der Waals surface area contributed by atoms with Gasteiger partial charge < -0.3 is 15.2 Å². The Morgan fingerprint density at radius 1 is 1.41 bits per heavy atom. The number of para-hydroxylation sites is 1. The van der Waals surface area contributed by atoms with Crippen molar-refractivity contribution in [2.75, 3.05) is 5.75 Å². The Hall–Kier alpha value is -2.06. The summed E-state index contributed by atoms with van der Waals surface area (Å²) in [6.45, 7) is 0.197. The fourth-order valence-electron chi connectivity index (χ4n) is 1.92. The first kappa shape index (κ1) is 14.9. The van der Waals surface area contributed by atoms with Crippen molar-refractivity contribution in [1.29, 1.82) is 0 Å². The molecule has 1 atom stereocenters. The number of hydrogen-bond acceptors (Lipinski definition) is 6. The number of carboxylic acid groups (broad SMARTS) is 1. The number of hydrogen-bond donors (Lipinski definition) is 2. The molecule has 0 radical (unpaired) electrons. The van der Waals surface area contributed by atoms with Crippen molar-refractivity contribution in [3.63, 3.8) is 0 Å². The molecular formula is C14H12N2O4S2. The molecule has 0 unspecified atom stereocenters. The highest BCUT2D eigenvalue weighted by atomic mass is 32.2. The Morgan fingerprint density at radius 2 is 2.23 bits per heavy atom. The van der Waals surface area contributed by atoms with Gasteiger partial charge in [0.25, 0.3) is 5.91 Å². The van der Waals surface area contributed by atoms with E-state index in [0.717, 1.165) is 4.90 Å². The minimum Gasteiger partial charge on any atom is -0.479 e. The molecule has 6 nitrogen and oxygen atoms in total. The van der Waals surface area contributed by atoms with Gasteiger partial charge in [-0.15, -0.1) is 23.1 Å². The zero-order valence-corrected chi connectivity index (χ0v) is 12.9. The summed E-state index contributed by atoms with van der Waals surface area (Å²) >= 11 is 2.78. The van der Waals surface area contributed by atoms with Crippen LogP contribution in [0.4, 0.5) is 0 Å². The number of aromatic nitrogens is 1. The number of nitrogens with one attached hydrogen (secondary N) is 1. The molecule has 0 fully saturated rings. The first-order valence-corrected chi connectivity index (χ1v) is 8.34. The van der Waals surface area contributed by atoms with Crippen LogP contribution in [0.2, 0.25) is 0 Å². The molecule has 0 saturated heterocycles. The number of carboxylic acids is 1. The first-order valence-electron chi connectivity index (χ1n) is 6.47. The van der Waals surface area contributed by atoms with Crippen molar-refractivity contribution >= 4 is 35.0 Å². The van der Waals surface area contributed by atoms with Gasteiger partial charge in [0.2, 0.25) is 0 Å². The average molecular weight is 336 g/mol. The van der Waals surface area contributed by atoms with Crippen molar-refractivity contribution in [2.24, 2.45) is 0 Å². The predicted molar refractivity (Wildman–Crippen MR) is 82.5 cm³/mol. The number of ether oxygens (including phenoxy) is 1. The van der Waals surface area contributed by atoms with E-state index in [1.165, 1.54) is 16.7 Å². The third kappa shape index (κ3) is 3.23. The number of thioether (sulfide) groups is 1. The molecule has 1 aromatic carbocycles. The van der Waals surface area contributed by atoms with Gasteiger partial charge in [-0.05, 0) is 12.1 Å². The van der Waals surface area contributed by atoms with E-state index < -0.39 is 12.1 Å². The van der Waals surface area contributed by atoms with Crippen LogP contribution >= 0.6 is 23.1 Å². The van der Waals surface area contributed by atoms with Crippen molar-refractivity contribution in [1.82, 2.24) is 10.3 Å². The molecule has 8 heteroatoms. The predicted octanol–water partition coefficient (Wildman–Crippen LogP) is 2.01. The lowest BCUT2D eigenvalue weighted by Gasteiger charge is -2.24. The number of amides is 1. The smallest absolute Gasteiger partial charge is 0.355 e. The second-order valence-electron chi connectivity index (χ2n) is 4.51. The molecular weight excluding hydrogens is 324 g/mol. The average Bonchev–Trinajstić information content (AvgIpc) is 3.01. The maximum Gasteiger partial charge on any atom is 0.355 e. The second-order valence-corrected chi connectivity index (χ2v) is 6.52. The van der Waals surface area contributed by atoms with E-state index in [0.29, 0.717) is 16.5 Å². The lowest BCUT2D eigenvalue weighted by Crippen LogP contribution is -2.41. The maximum atomic E-state index is 12.1. The van der Waals surface area contributed by atoms with Gasteiger partial charge >= 0.3 is 5.97 Å². The van der Waals surface area contributed by atoms with Gasteiger partial charge in [-0.2, -0.15) is 0 Å². The summed E-state index contributed by atoms with van der Waals surface area (Å²) in [5, 5.41) is 13.5. The fraction of sp³-hybridized carbons (Fsp3) is 0.214. The summed E-state index contributed by atoms with van der Waals surface area (Å²) in [6.07, 6.45) is -0.557. The molecule has 22 heavy (non-hydrogen) atoms. The minimum absolute atomic E-state index is 0.00681. The molecule has 1 aliphatic heterocycles. The molecule has 1 aliphatic rings. The van der Waals surface area contributed by atoms with Crippen LogP contribution in [0.3, 0.4) is 0 Å². The topological polar surface area (TPSA) is 88.5 Å². The lowest BCUT2D eigenvalue weighted by molar-refractivity contribution is -0.127. The van der Waals surface area contributed by atoms with E-state index in [2.05, 4.69) is 10.3 Å². The van der Waals surface area contributed by atoms with Gasteiger partial charge in [-0.25, -0.2) is 9.78 Å². The zero-order chi connectivity index (χ0) is 15.5. The van der Waals surface area contributed by atoms with Crippen LogP contribution in [0.1, 0.15) is 15.5 Å². The number of aromatic carboxylic acids is 1. The van der Waals surface area contributed by atoms with Crippen LogP contribution in [0.25, 0.3) is 0 Å². The summed E-state index contributed by atoms with van der Waals surface area (Å²) in [4.78, 5) is 27.8. The Morgan fingerprint density at radius 3 is 3.00 bits per heavy atom. The molecule has 2 heterocycles. The molecule has 114 valence electrons. The number of carbonyl (C=O) groups excluding carboxylic acids is 1. The molecule has 1 amide bonds. The summed E-state index contributed by atoms with van der Waals surface area (Å²) < 4.78 is 5.68. The normalized spacial score (nSPS) is 16.5. The van der Waals surface area contributed by atoms with Gasteiger partial charge in [0, 0.05) is 16.0 Å². The van der Waals surface area contributed by atoms with E-state index >= 15 is 0 Å². The number of rotatable bonds is 4. The van der Waals surface area contributed by atoms with Crippen LogP contribution in [-0.2, 0) is 11.3 Å². The fourth-order valence-corrected chi connectivity index (χ4v) is 3.61. The quantitative estimate of drug-likeness (QED) is 0.888. The van der Waals surface area contributed by atoms with Gasteiger partial charge in [0.15, 0.2) is 11.8 Å². The Kier molecular flexibility index (Phi) is 4.30. The number of thiazole rings is 1. The van der Waals surface area contributed by atoms with Crippen molar-refractivity contribution < 1.29 is 19.4 Å². The van der Waals surface area contributed by atoms with E-state index in [-0.39, 0.29) is 18.1 Å². The highest BCUT2D eigenvalue weighted by molar-refractivity contribution is 7.99. The maximum absolute atomic E-state index is 12.1. The van der Waals surface area contributed by atoms with E-state index in [1.807, 2.05) is 24.3 Å². The van der Waals surface area contributed by atoms with Crippen molar-refractivity contribution in [2.45, 2.75) is 17.5 Å². The van der Waals surface area contributed by atoms with Crippen molar-refractivity contribution in [3.8, 4) is 5.75 Å². The SMILES string of the molecule is O=C(O)c1csc(CNC(=O)[C@H]2CSc3ccccc3O2)n1. The molecule has 0 aliphatic carbocycles. The van der Waals surface area contributed by atoms with E-state index in [1.54, 1.807) is 11.8 Å². The molecule has 1 aromatic heterocycles. The molecule has 2 aromatic rings. The number of benzene rings is 1. The largest absolute Gasteiger partial charge is 0.479 e. The Labute approximate surface area is 134 Å². The number of nitrogens with zero attached hydrogens (tertiary/aromatic N) is 1. The molecule has 0 saturated carbocycles. The van der Waals surface area contributed by atoms with Gasteiger partial charge in [0.05, 0.1) is 6.54 Å². The van der Waals surface area contributed by atoms with Gasteiger partial charge in [0.1, 0.15) is 10.8 Å². The summed E-state index contributed by atoms with van der Waals surface area (Å²) in [7, 11) is 0. The van der Waals surface area contributed by atoms with E-state index in [9.17, 15) is 9.59 Å². The van der Waals surface area contributed by atoms with Crippen LogP contribution in [0, 0.1) is 0 Å². The van der Waals surface area contributed by atoms with Gasteiger partial charge in [-0.3, -0.25) is 4.79 Å². The first-order chi connectivity index (χ1) is 10.6. The monoisotopic (exact) mass is 336 g/mol. The molecule has 3 rings (SSSR count). The number of fused-ring (bicyclic) bond motifs is 1. The third-order valence-corrected chi connectivity index (χ3v) is 4.95. The highest BCUT2D eigenvalue weighted by Crippen LogP contribution is 2.34. The summed E-state index contributed by atoms with van der Waals surface area (Å²) in [5.74, 6) is -0.0472. The van der Waals surface area contributed by atoms with Crippen molar-refractivity contribution in [3.05, 3.63) is 40.3 Å². The molecule has 2 N–H and O–H groups in total. The second kappa shape index (κ2) is 6.37. The standard InChI is InChI=1S/C14H12N2O4S2/c17-13(15-5-12-16-8(6-22-12)14(18)19)10-7-21-11-4-2-1-3-9(11)20-10/h1-4,6,10H,5,7H2,(H,15,17)(H,18,19)/t10-/m1/s1. The van der Waals surface area contributed by atoms with E-state index in [4.69, 9.17) is 9.84 Å². The minimum atomic E-state index is -1.07. The zero-order valence-electron chi connectivity index (χ0n) is 11.3. The molecule has 0 spiro atoms. The molecule has 0 bridgehead atoms. The third-order valence-electron chi connectivity index (χ3n) is 2.99. The summed E-state index contributed by atoms with van der Waals surface area (Å²) in [5.41, 5.74) is -0.00681. The van der Waals surface area contributed by atoms with Crippen LogP contribution in [0.5, 0.6) is 5.75 Å². The number of carbonyl (C=O) groups is 2. The summed E-state index contributed by atoms with van der Waals surface area (Å²) in [6, 6.07) is 7.58. The van der Waals surface area contributed by atoms with Crippen LogP contribution < -0.4 is 10.1 Å². The van der Waals surface area contributed by atoms with Crippen LogP contribution in [0.15, 0.2) is 34.5 Å². The van der Waals surface area contributed by atoms with Crippen LogP contribution in [-0.4, -0.2) is 33.8 Å². The van der Waals surface area contributed by atoms with Gasteiger partial charge in [-0.1, -0.05) is 12.1 Å².